The summed E-state index contributed by atoms with van der Waals surface area (Å²) in [5.41, 5.74) is 3.34. The molecule has 0 fully saturated rings. The molecule has 1 rings (SSSR count). The summed E-state index contributed by atoms with van der Waals surface area (Å²) in [4.78, 5) is 14.8. The minimum Gasteiger partial charge on any atom is -0.370 e. The highest BCUT2D eigenvalue weighted by atomic mass is 16.7. The van der Waals surface area contributed by atoms with Crippen LogP contribution in [-0.2, 0) is 15.4 Å². The Kier molecular flexibility index (Phi) is 2.62. The maximum absolute atomic E-state index is 10.9. The summed E-state index contributed by atoms with van der Waals surface area (Å²) in [7, 11) is 0. The van der Waals surface area contributed by atoms with Crippen LogP contribution in [0.5, 0.6) is 0 Å². The molecule has 0 aliphatic rings. The van der Waals surface area contributed by atoms with E-state index in [1.165, 1.54) is 12.1 Å². The molecule has 1 aromatic rings. The van der Waals surface area contributed by atoms with Gasteiger partial charge < -0.3 is 9.94 Å². The lowest BCUT2D eigenvalue weighted by atomic mass is 10.0. The number of benzene rings is 1. The minimum atomic E-state index is -2.18. The van der Waals surface area contributed by atoms with Gasteiger partial charge in [0.1, 0.15) is 0 Å². The summed E-state index contributed by atoms with van der Waals surface area (Å²) < 4.78 is 0. The summed E-state index contributed by atoms with van der Waals surface area (Å²) in [6, 6.07) is 8.00. The van der Waals surface area contributed by atoms with Crippen molar-refractivity contribution in [2.75, 3.05) is 0 Å². The van der Waals surface area contributed by atoms with Crippen molar-refractivity contribution in [3.63, 3.8) is 0 Å². The first-order valence-corrected chi connectivity index (χ1v) is 3.57. The van der Waals surface area contributed by atoms with Gasteiger partial charge in [0.2, 0.25) is 5.72 Å². The zero-order valence-electron chi connectivity index (χ0n) is 6.81. The molecular formula is C8H10N2O3. The van der Waals surface area contributed by atoms with Gasteiger partial charge in [-0.25, -0.2) is 4.79 Å². The molecule has 5 nitrogen and oxygen atoms in total. The predicted octanol–water partition coefficient (Wildman–Crippen LogP) is -0.793. The van der Waals surface area contributed by atoms with Crippen molar-refractivity contribution < 1.29 is 14.7 Å². The largest absolute Gasteiger partial charge is 0.376 e. The van der Waals surface area contributed by atoms with Crippen molar-refractivity contribution in [1.29, 1.82) is 0 Å². The molecule has 0 saturated carbocycles. The van der Waals surface area contributed by atoms with Crippen LogP contribution in [0.15, 0.2) is 30.3 Å². The highest BCUT2D eigenvalue weighted by Crippen LogP contribution is 2.15. The van der Waals surface area contributed by atoms with Crippen molar-refractivity contribution in [1.82, 2.24) is 0 Å². The average molecular weight is 182 g/mol. The Morgan fingerprint density at radius 2 is 1.92 bits per heavy atom. The maximum atomic E-state index is 10.9. The van der Waals surface area contributed by atoms with E-state index in [-0.39, 0.29) is 5.56 Å². The van der Waals surface area contributed by atoms with Crippen molar-refractivity contribution in [3.05, 3.63) is 35.9 Å². The first-order valence-electron chi connectivity index (χ1n) is 3.57. The van der Waals surface area contributed by atoms with Gasteiger partial charge in [-0.1, -0.05) is 30.3 Å². The van der Waals surface area contributed by atoms with E-state index in [2.05, 4.69) is 10.7 Å². The monoisotopic (exact) mass is 182 g/mol. The highest BCUT2D eigenvalue weighted by Gasteiger charge is 2.34. The number of nitrogens with two attached hydrogens (primary N) is 2. The average Bonchev–Trinajstić information content (AvgIpc) is 2.18. The Morgan fingerprint density at radius 3 is 2.38 bits per heavy atom. The standard InChI is InChI=1S/C8H10N2O3/c9-8(12,7(11)13-10)6-4-2-1-3-5-6/h1-5,12H,9-10H2. The maximum Gasteiger partial charge on any atom is 0.376 e. The molecule has 0 spiro atoms. The highest BCUT2D eigenvalue weighted by molar-refractivity contribution is 5.79. The summed E-state index contributed by atoms with van der Waals surface area (Å²) in [5, 5.41) is 9.48. The van der Waals surface area contributed by atoms with E-state index in [0.29, 0.717) is 0 Å². The second kappa shape index (κ2) is 3.53. The molecular weight excluding hydrogens is 172 g/mol. The Bertz CT molecular complexity index is 298. The lowest BCUT2D eigenvalue weighted by Crippen LogP contribution is -2.46. The van der Waals surface area contributed by atoms with E-state index in [9.17, 15) is 9.90 Å². The van der Waals surface area contributed by atoms with Crippen LogP contribution < -0.4 is 11.6 Å². The van der Waals surface area contributed by atoms with Crippen LogP contribution in [0.4, 0.5) is 0 Å². The normalized spacial score (nSPS) is 14.7. The smallest absolute Gasteiger partial charge is 0.370 e. The number of aliphatic hydroxyl groups is 1. The first-order chi connectivity index (χ1) is 6.09. The van der Waals surface area contributed by atoms with Crippen molar-refractivity contribution in [2.45, 2.75) is 5.72 Å². The molecule has 0 radical (unpaired) electrons. The Labute approximate surface area is 74.9 Å². The zero-order valence-corrected chi connectivity index (χ0v) is 6.81. The molecule has 13 heavy (non-hydrogen) atoms. The summed E-state index contributed by atoms with van der Waals surface area (Å²) in [6.07, 6.45) is 0. The lowest BCUT2D eigenvalue weighted by Gasteiger charge is -2.19. The van der Waals surface area contributed by atoms with E-state index < -0.39 is 11.7 Å². The van der Waals surface area contributed by atoms with Crippen LogP contribution in [0.25, 0.3) is 0 Å². The SMILES string of the molecule is NOC(=O)C(N)(O)c1ccccc1. The summed E-state index contributed by atoms with van der Waals surface area (Å²) >= 11 is 0. The molecule has 0 aromatic heterocycles. The van der Waals surface area contributed by atoms with Crippen LogP contribution in [0.1, 0.15) is 5.56 Å². The fourth-order valence-electron chi connectivity index (χ4n) is 0.900. The molecule has 5 heteroatoms. The molecule has 0 aliphatic carbocycles. The van der Waals surface area contributed by atoms with Gasteiger partial charge in [0, 0.05) is 5.56 Å². The van der Waals surface area contributed by atoms with Gasteiger partial charge in [0.25, 0.3) is 0 Å². The third-order valence-corrected chi connectivity index (χ3v) is 1.63. The summed E-state index contributed by atoms with van der Waals surface area (Å²) in [6.45, 7) is 0. The predicted molar refractivity (Wildman–Crippen MR) is 44.8 cm³/mol. The van der Waals surface area contributed by atoms with Gasteiger partial charge in [0.05, 0.1) is 0 Å². The molecule has 5 N–H and O–H groups in total. The fraction of sp³-hybridized carbons (Fsp3) is 0.125. The molecule has 1 unspecified atom stereocenters. The van der Waals surface area contributed by atoms with Crippen molar-refractivity contribution in [2.24, 2.45) is 11.6 Å². The number of hydrogen-bond acceptors (Lipinski definition) is 5. The number of hydrogen-bond donors (Lipinski definition) is 3. The van der Waals surface area contributed by atoms with Crippen LogP contribution in [0.2, 0.25) is 0 Å². The van der Waals surface area contributed by atoms with Gasteiger partial charge >= 0.3 is 5.97 Å². The quantitative estimate of drug-likeness (QED) is 0.411. The van der Waals surface area contributed by atoms with Crippen LogP contribution >= 0.6 is 0 Å². The lowest BCUT2D eigenvalue weighted by molar-refractivity contribution is -0.166. The third kappa shape index (κ3) is 1.83. The summed E-state index contributed by atoms with van der Waals surface area (Å²) in [5.74, 6) is 3.51. The van der Waals surface area contributed by atoms with Gasteiger partial charge in [-0.05, 0) is 0 Å². The van der Waals surface area contributed by atoms with Gasteiger partial charge in [-0.15, -0.1) is 0 Å². The topological polar surface area (TPSA) is 98.6 Å². The molecule has 1 aromatic carbocycles. The third-order valence-electron chi connectivity index (χ3n) is 1.63. The molecule has 70 valence electrons. The minimum absolute atomic E-state index is 0.227. The van der Waals surface area contributed by atoms with E-state index in [1.807, 2.05) is 0 Å². The van der Waals surface area contributed by atoms with Crippen molar-refractivity contribution >= 4 is 5.97 Å². The molecule has 0 aliphatic heterocycles. The Morgan fingerprint density at radius 1 is 1.38 bits per heavy atom. The van der Waals surface area contributed by atoms with Crippen molar-refractivity contribution in [3.8, 4) is 0 Å². The second-order valence-corrected chi connectivity index (χ2v) is 2.54. The molecule has 0 amide bonds. The Hall–Kier alpha value is -1.43. The van der Waals surface area contributed by atoms with Crippen LogP contribution in [0.3, 0.4) is 0 Å². The van der Waals surface area contributed by atoms with Gasteiger partial charge in [0.15, 0.2) is 0 Å². The van der Waals surface area contributed by atoms with Gasteiger partial charge in [-0.3, -0.25) is 5.73 Å². The fourth-order valence-corrected chi connectivity index (χ4v) is 0.900. The van der Waals surface area contributed by atoms with E-state index in [1.54, 1.807) is 18.2 Å². The van der Waals surface area contributed by atoms with Crippen LogP contribution in [-0.4, -0.2) is 11.1 Å². The molecule has 1 atom stereocenters. The first kappa shape index (κ1) is 9.66. The van der Waals surface area contributed by atoms with Crippen LogP contribution in [0, 0.1) is 0 Å². The molecule has 0 heterocycles. The second-order valence-electron chi connectivity index (χ2n) is 2.54. The van der Waals surface area contributed by atoms with E-state index >= 15 is 0 Å². The molecule has 0 bridgehead atoms. The number of rotatable bonds is 2. The number of carbonyl (C=O) groups excluding carboxylic acids is 1. The van der Waals surface area contributed by atoms with E-state index in [0.717, 1.165) is 0 Å². The molecule has 0 saturated heterocycles. The van der Waals surface area contributed by atoms with Gasteiger partial charge in [-0.2, -0.15) is 5.90 Å². The zero-order chi connectivity index (χ0) is 9.90. The Balaban J connectivity index is 3.00. The van der Waals surface area contributed by atoms with E-state index in [4.69, 9.17) is 5.73 Å². The number of carbonyl (C=O) groups is 1.